The summed E-state index contributed by atoms with van der Waals surface area (Å²) in [5, 5.41) is 9.23. The van der Waals surface area contributed by atoms with E-state index in [9.17, 15) is 9.90 Å². The molecule has 0 saturated heterocycles. The van der Waals surface area contributed by atoms with Crippen LogP contribution in [-0.4, -0.2) is 24.8 Å². The monoisotopic (exact) mass is 222 g/mol. The van der Waals surface area contributed by atoms with Gasteiger partial charge in [0.1, 0.15) is 0 Å². The van der Waals surface area contributed by atoms with Gasteiger partial charge in [-0.2, -0.15) is 0 Å². The van der Waals surface area contributed by atoms with E-state index >= 15 is 0 Å². The molecule has 0 aliphatic rings. The molecule has 0 spiro atoms. The minimum Gasteiger partial charge on any atom is -0.395 e. The highest BCUT2D eigenvalue weighted by Crippen LogP contribution is 2.24. The zero-order valence-electron chi connectivity index (χ0n) is 9.90. The van der Waals surface area contributed by atoms with Crippen LogP contribution in [0.25, 0.3) is 0 Å². The minimum atomic E-state index is -0.492. The molecule has 88 valence electrons. The van der Waals surface area contributed by atoms with Crippen LogP contribution in [0.5, 0.6) is 0 Å². The maximum Gasteiger partial charge on any atom is 0.318 e. The average Bonchev–Trinajstić information content (AvgIpc) is 2.28. The Morgan fingerprint density at radius 3 is 2.25 bits per heavy atom. The lowest BCUT2D eigenvalue weighted by Gasteiger charge is -2.23. The van der Waals surface area contributed by atoms with Crippen LogP contribution in [0.3, 0.4) is 0 Å². The Bertz CT molecular complexity index is 371. The van der Waals surface area contributed by atoms with E-state index in [1.165, 1.54) is 4.90 Å². The number of amides is 2. The van der Waals surface area contributed by atoms with Gasteiger partial charge in [0.15, 0.2) is 0 Å². The Kier molecular flexibility index (Phi) is 3.55. The van der Waals surface area contributed by atoms with Crippen molar-refractivity contribution in [3.8, 4) is 0 Å². The first-order valence-corrected chi connectivity index (χ1v) is 5.13. The van der Waals surface area contributed by atoms with Gasteiger partial charge in [-0.1, -0.05) is 26.0 Å². The molecule has 0 unspecified atom stereocenters. The summed E-state index contributed by atoms with van der Waals surface area (Å²) < 4.78 is 0. The molecule has 0 aliphatic carbocycles. The van der Waals surface area contributed by atoms with Crippen molar-refractivity contribution < 1.29 is 9.90 Å². The number of carbonyl (C=O) groups excluding carboxylic acids is 1. The smallest absolute Gasteiger partial charge is 0.318 e. The topological polar surface area (TPSA) is 66.6 Å². The molecule has 0 aliphatic heterocycles. The summed E-state index contributed by atoms with van der Waals surface area (Å²) in [5.41, 5.74) is 6.66. The van der Waals surface area contributed by atoms with E-state index < -0.39 is 6.03 Å². The van der Waals surface area contributed by atoms with Crippen molar-refractivity contribution in [2.75, 3.05) is 18.6 Å². The molecule has 1 aromatic rings. The van der Waals surface area contributed by atoms with Crippen LogP contribution in [0, 0.1) is 0 Å². The van der Waals surface area contributed by atoms with Crippen LogP contribution in [0.4, 0.5) is 10.5 Å². The third kappa shape index (κ3) is 2.52. The highest BCUT2D eigenvalue weighted by Gasteiger charge is 2.19. The number of hydrogen-bond donors (Lipinski definition) is 2. The molecule has 0 aromatic heterocycles. The van der Waals surface area contributed by atoms with Gasteiger partial charge in [-0.3, -0.25) is 4.90 Å². The lowest BCUT2D eigenvalue weighted by atomic mass is 9.85. The Hall–Kier alpha value is -1.55. The molecular weight excluding hydrogens is 204 g/mol. The van der Waals surface area contributed by atoms with Gasteiger partial charge in [-0.15, -0.1) is 0 Å². The minimum absolute atomic E-state index is 0.0814. The number of anilines is 1. The van der Waals surface area contributed by atoms with Crippen LogP contribution >= 0.6 is 0 Å². The summed E-state index contributed by atoms with van der Waals surface area (Å²) in [6, 6.07) is 6.93. The Morgan fingerprint density at radius 2 is 1.88 bits per heavy atom. The molecule has 16 heavy (non-hydrogen) atoms. The number of aliphatic hydroxyl groups excluding tert-OH is 1. The molecule has 2 amide bonds. The van der Waals surface area contributed by atoms with Crippen molar-refractivity contribution in [2.45, 2.75) is 19.3 Å². The normalized spacial score (nSPS) is 11.2. The third-order valence-electron chi connectivity index (χ3n) is 2.76. The second-order valence-electron chi connectivity index (χ2n) is 4.49. The number of benzene rings is 1. The Morgan fingerprint density at radius 1 is 1.38 bits per heavy atom. The van der Waals surface area contributed by atoms with Crippen LogP contribution in [0.1, 0.15) is 19.4 Å². The predicted molar refractivity (Wildman–Crippen MR) is 64.5 cm³/mol. The van der Waals surface area contributed by atoms with Crippen molar-refractivity contribution in [1.82, 2.24) is 0 Å². The van der Waals surface area contributed by atoms with E-state index in [4.69, 9.17) is 5.73 Å². The quantitative estimate of drug-likeness (QED) is 0.813. The maximum atomic E-state index is 10.9. The molecular formula is C12H18N2O2. The standard InChI is InChI=1S/C12H18N2O2/c1-12(2,8-15)9-4-6-10(7-5-9)14(3)11(13)16/h4-7,15H,8H2,1-3H3,(H2,13,16). The summed E-state index contributed by atoms with van der Waals surface area (Å²) >= 11 is 0. The summed E-state index contributed by atoms with van der Waals surface area (Å²) in [4.78, 5) is 12.3. The Balaban J connectivity index is 2.96. The zero-order chi connectivity index (χ0) is 12.3. The lowest BCUT2D eigenvalue weighted by Crippen LogP contribution is -2.31. The number of hydrogen-bond acceptors (Lipinski definition) is 2. The van der Waals surface area contributed by atoms with Gasteiger partial charge >= 0.3 is 6.03 Å². The van der Waals surface area contributed by atoms with Crippen molar-refractivity contribution in [3.63, 3.8) is 0 Å². The molecule has 1 rings (SSSR count). The fourth-order valence-electron chi connectivity index (χ4n) is 1.35. The molecule has 4 heteroatoms. The van der Waals surface area contributed by atoms with Gasteiger partial charge < -0.3 is 10.8 Å². The van der Waals surface area contributed by atoms with Gasteiger partial charge in [0.05, 0.1) is 6.61 Å². The predicted octanol–water partition coefficient (Wildman–Crippen LogP) is 1.47. The summed E-state index contributed by atoms with van der Waals surface area (Å²) in [6.45, 7) is 4.00. The summed E-state index contributed by atoms with van der Waals surface area (Å²) in [7, 11) is 1.62. The van der Waals surface area contributed by atoms with E-state index in [1.807, 2.05) is 38.1 Å². The lowest BCUT2D eigenvalue weighted by molar-refractivity contribution is 0.218. The summed E-state index contributed by atoms with van der Waals surface area (Å²) in [5.74, 6) is 0. The molecule has 0 bridgehead atoms. The Labute approximate surface area is 95.7 Å². The average molecular weight is 222 g/mol. The van der Waals surface area contributed by atoms with Crippen molar-refractivity contribution in [1.29, 1.82) is 0 Å². The first-order chi connectivity index (χ1) is 7.38. The molecule has 3 N–H and O–H groups in total. The molecule has 0 fully saturated rings. The van der Waals surface area contributed by atoms with Crippen molar-refractivity contribution in [2.24, 2.45) is 5.73 Å². The summed E-state index contributed by atoms with van der Waals surface area (Å²) in [6.07, 6.45) is 0. The molecule has 4 nitrogen and oxygen atoms in total. The molecule has 0 heterocycles. The zero-order valence-corrected chi connectivity index (χ0v) is 9.90. The second kappa shape index (κ2) is 4.53. The highest BCUT2D eigenvalue weighted by atomic mass is 16.3. The van der Waals surface area contributed by atoms with Gasteiger partial charge in [-0.25, -0.2) is 4.79 Å². The molecule has 0 atom stereocenters. The van der Waals surface area contributed by atoms with Gasteiger partial charge in [0.25, 0.3) is 0 Å². The number of urea groups is 1. The number of aliphatic hydroxyl groups is 1. The number of nitrogens with two attached hydrogens (primary N) is 1. The van der Waals surface area contributed by atoms with Crippen LogP contribution in [0.2, 0.25) is 0 Å². The largest absolute Gasteiger partial charge is 0.395 e. The van der Waals surface area contributed by atoms with E-state index in [1.54, 1.807) is 7.05 Å². The molecule has 0 radical (unpaired) electrons. The van der Waals surface area contributed by atoms with E-state index in [0.29, 0.717) is 0 Å². The van der Waals surface area contributed by atoms with E-state index in [-0.39, 0.29) is 12.0 Å². The fourth-order valence-corrected chi connectivity index (χ4v) is 1.35. The van der Waals surface area contributed by atoms with Crippen LogP contribution < -0.4 is 10.6 Å². The first-order valence-electron chi connectivity index (χ1n) is 5.13. The number of rotatable bonds is 3. The number of carbonyl (C=O) groups is 1. The number of primary amides is 1. The van der Waals surface area contributed by atoms with Gasteiger partial charge in [0.2, 0.25) is 0 Å². The molecule has 0 saturated carbocycles. The van der Waals surface area contributed by atoms with Crippen LogP contribution in [0.15, 0.2) is 24.3 Å². The van der Waals surface area contributed by atoms with Gasteiger partial charge in [-0.05, 0) is 17.7 Å². The molecule has 1 aromatic carbocycles. The highest BCUT2D eigenvalue weighted by molar-refractivity contribution is 5.89. The van der Waals surface area contributed by atoms with Crippen molar-refractivity contribution >= 4 is 11.7 Å². The van der Waals surface area contributed by atoms with Crippen LogP contribution in [-0.2, 0) is 5.41 Å². The third-order valence-corrected chi connectivity index (χ3v) is 2.76. The first kappa shape index (κ1) is 12.5. The SMILES string of the molecule is CN(C(N)=O)c1ccc(C(C)(C)CO)cc1. The maximum absolute atomic E-state index is 10.9. The van der Waals surface area contributed by atoms with E-state index in [2.05, 4.69) is 0 Å². The second-order valence-corrected chi connectivity index (χ2v) is 4.49. The number of nitrogens with zero attached hydrogens (tertiary/aromatic N) is 1. The van der Waals surface area contributed by atoms with E-state index in [0.717, 1.165) is 11.3 Å². The van der Waals surface area contributed by atoms with Crippen molar-refractivity contribution in [3.05, 3.63) is 29.8 Å². The fraction of sp³-hybridized carbons (Fsp3) is 0.417. The van der Waals surface area contributed by atoms with Gasteiger partial charge in [0, 0.05) is 18.2 Å².